The lowest BCUT2D eigenvalue weighted by Crippen LogP contribution is -2.25. The summed E-state index contributed by atoms with van der Waals surface area (Å²) in [7, 11) is 0. The van der Waals surface area contributed by atoms with Crippen molar-refractivity contribution in [2.24, 2.45) is 0 Å². The zero-order valence-electron chi connectivity index (χ0n) is 15.7. The monoisotopic (exact) mass is 413 g/mol. The fraction of sp³-hybridized carbons (Fsp3) is 0.200. The predicted molar refractivity (Wildman–Crippen MR) is 109 cm³/mol. The second-order valence-corrected chi connectivity index (χ2v) is 6.65. The minimum Gasteiger partial charge on any atom is -0.439 e. The average molecular weight is 414 g/mol. The molecule has 0 bridgehead atoms. The van der Waals surface area contributed by atoms with Gasteiger partial charge in [-0.15, -0.1) is 0 Å². The molecule has 0 unspecified atom stereocenters. The van der Waals surface area contributed by atoms with E-state index in [1.54, 1.807) is 12.1 Å². The van der Waals surface area contributed by atoms with E-state index in [4.69, 9.17) is 21.4 Å². The molecular weight excluding hydrogens is 394 g/mol. The lowest BCUT2D eigenvalue weighted by Gasteiger charge is -2.10. The first-order chi connectivity index (χ1) is 14.0. The van der Waals surface area contributed by atoms with Gasteiger partial charge in [0.15, 0.2) is 0 Å². The molecule has 0 aliphatic heterocycles. The van der Waals surface area contributed by atoms with E-state index in [1.165, 1.54) is 12.4 Å². The van der Waals surface area contributed by atoms with Gasteiger partial charge in [-0.3, -0.25) is 4.79 Å². The summed E-state index contributed by atoms with van der Waals surface area (Å²) in [4.78, 5) is 23.7. The lowest BCUT2D eigenvalue weighted by atomic mass is 10.2. The number of carbonyl (C=O) groups is 1. The molecule has 3 rings (SSSR count). The molecule has 0 atom stereocenters. The highest BCUT2D eigenvalue weighted by Crippen LogP contribution is 2.22. The summed E-state index contributed by atoms with van der Waals surface area (Å²) in [6.45, 7) is 2.21. The molecule has 0 aliphatic carbocycles. The second-order valence-electron chi connectivity index (χ2n) is 6.21. The first-order valence-electron chi connectivity index (χ1n) is 8.85. The van der Waals surface area contributed by atoms with Crippen LogP contribution in [0, 0.1) is 6.92 Å². The highest BCUT2D eigenvalue weighted by atomic mass is 35.5. The smallest absolute Gasteiger partial charge is 0.245 e. The number of hydrogen-bond donors (Lipinski definition) is 3. The van der Waals surface area contributed by atoms with E-state index in [0.29, 0.717) is 35.7 Å². The van der Waals surface area contributed by atoms with Gasteiger partial charge < -0.3 is 20.5 Å². The molecule has 0 aliphatic rings. The number of benzene rings is 1. The van der Waals surface area contributed by atoms with Crippen LogP contribution >= 0.6 is 11.6 Å². The van der Waals surface area contributed by atoms with Gasteiger partial charge in [0.05, 0.1) is 17.4 Å². The van der Waals surface area contributed by atoms with Crippen molar-refractivity contribution in [3.05, 3.63) is 70.6 Å². The number of hydrogen-bond acceptors (Lipinski definition) is 7. The summed E-state index contributed by atoms with van der Waals surface area (Å²) in [5.41, 5.74) is 2.68. The van der Waals surface area contributed by atoms with Crippen LogP contribution in [0.2, 0.25) is 5.02 Å². The number of carbonyl (C=O) groups excluding carboxylic acids is 1. The molecule has 0 spiro atoms. The highest BCUT2D eigenvalue weighted by Gasteiger charge is 2.05. The number of pyridine rings is 1. The Hall–Kier alpha value is -3.23. The van der Waals surface area contributed by atoms with Crippen LogP contribution in [0.5, 0.6) is 11.6 Å². The van der Waals surface area contributed by atoms with E-state index < -0.39 is 12.5 Å². The third kappa shape index (κ3) is 6.41. The number of aliphatic hydroxyl groups excluding tert-OH is 1. The molecule has 0 saturated carbocycles. The number of nitrogens with one attached hydrogen (secondary N) is 2. The maximum absolute atomic E-state index is 11.1. The van der Waals surface area contributed by atoms with Crippen molar-refractivity contribution < 1.29 is 14.6 Å². The van der Waals surface area contributed by atoms with Gasteiger partial charge in [-0.2, -0.15) is 0 Å². The molecule has 3 aromatic rings. The molecular formula is C20H20ClN5O3. The van der Waals surface area contributed by atoms with Crippen LogP contribution in [0.4, 0.5) is 5.95 Å². The van der Waals surface area contributed by atoms with E-state index in [9.17, 15) is 4.79 Å². The van der Waals surface area contributed by atoms with Crippen LogP contribution in [0.1, 0.15) is 16.8 Å². The number of amides is 1. The minimum absolute atomic E-state index is 0.338. The molecule has 150 valence electrons. The zero-order valence-corrected chi connectivity index (χ0v) is 16.5. The molecule has 0 radical (unpaired) electrons. The van der Waals surface area contributed by atoms with Gasteiger partial charge in [0.1, 0.15) is 12.4 Å². The Bertz CT molecular complexity index is 965. The summed E-state index contributed by atoms with van der Waals surface area (Å²) in [5, 5.41) is 14.9. The van der Waals surface area contributed by atoms with Crippen molar-refractivity contribution in [1.82, 2.24) is 20.3 Å². The van der Waals surface area contributed by atoms with Gasteiger partial charge >= 0.3 is 0 Å². The molecule has 29 heavy (non-hydrogen) atoms. The molecule has 0 saturated heterocycles. The van der Waals surface area contributed by atoms with Crippen LogP contribution < -0.4 is 15.4 Å². The van der Waals surface area contributed by atoms with E-state index in [1.807, 2.05) is 31.2 Å². The maximum atomic E-state index is 11.1. The Morgan fingerprint density at radius 3 is 2.52 bits per heavy atom. The van der Waals surface area contributed by atoms with Crippen molar-refractivity contribution in [1.29, 1.82) is 0 Å². The molecule has 0 fully saturated rings. The summed E-state index contributed by atoms with van der Waals surface area (Å²) < 4.78 is 5.85. The van der Waals surface area contributed by atoms with Gasteiger partial charge in [0, 0.05) is 24.8 Å². The van der Waals surface area contributed by atoms with Crippen LogP contribution in [0.25, 0.3) is 0 Å². The molecule has 9 heteroatoms. The Labute approximate surface area is 173 Å². The maximum Gasteiger partial charge on any atom is 0.245 e. The minimum atomic E-state index is -0.526. The number of halogens is 1. The first kappa shape index (κ1) is 20.5. The number of nitrogens with zero attached hydrogens (tertiary/aromatic N) is 3. The number of ether oxygens (including phenoxy) is 1. The Kier molecular flexibility index (Phi) is 6.94. The van der Waals surface area contributed by atoms with E-state index in [0.717, 1.165) is 16.8 Å². The van der Waals surface area contributed by atoms with Crippen LogP contribution in [-0.4, -0.2) is 32.6 Å². The third-order valence-corrected chi connectivity index (χ3v) is 4.03. The van der Waals surface area contributed by atoms with E-state index >= 15 is 0 Å². The van der Waals surface area contributed by atoms with Crippen molar-refractivity contribution in [2.45, 2.75) is 20.0 Å². The third-order valence-electron chi connectivity index (χ3n) is 3.84. The standard InChI is InChI=1S/C20H20ClN5O3/c1-13-6-15(9-23-20-24-10-16(21)11-25-20)7-19(26-13)29-17-4-2-14(3-5-17)8-22-18(28)12-27/h2-7,10-11,27H,8-9,12H2,1H3,(H,22,28)(H,23,24,25). The number of aryl methyl sites for hydroxylation is 1. The number of anilines is 1. The number of rotatable bonds is 8. The van der Waals surface area contributed by atoms with Crippen LogP contribution in [0.15, 0.2) is 48.8 Å². The lowest BCUT2D eigenvalue weighted by molar-refractivity contribution is -0.123. The first-order valence-corrected chi connectivity index (χ1v) is 9.23. The molecule has 2 heterocycles. The van der Waals surface area contributed by atoms with Gasteiger partial charge in [-0.05, 0) is 36.2 Å². The Morgan fingerprint density at radius 1 is 1.10 bits per heavy atom. The summed E-state index contributed by atoms with van der Waals surface area (Å²) in [6.07, 6.45) is 3.06. The van der Waals surface area contributed by atoms with E-state index in [-0.39, 0.29) is 0 Å². The molecule has 2 aromatic heterocycles. The molecule has 3 N–H and O–H groups in total. The predicted octanol–water partition coefficient (Wildman–Crippen LogP) is 2.85. The van der Waals surface area contributed by atoms with Gasteiger partial charge in [-0.25, -0.2) is 15.0 Å². The molecule has 8 nitrogen and oxygen atoms in total. The average Bonchev–Trinajstić information content (AvgIpc) is 2.72. The normalized spacial score (nSPS) is 10.4. The molecule has 1 amide bonds. The van der Waals surface area contributed by atoms with Crippen LogP contribution in [0.3, 0.4) is 0 Å². The zero-order chi connectivity index (χ0) is 20.6. The Balaban J connectivity index is 1.61. The number of aliphatic hydroxyl groups is 1. The van der Waals surface area contributed by atoms with Gasteiger partial charge in [-0.1, -0.05) is 23.7 Å². The van der Waals surface area contributed by atoms with Crippen molar-refractivity contribution in [3.63, 3.8) is 0 Å². The van der Waals surface area contributed by atoms with Crippen LogP contribution in [-0.2, 0) is 17.9 Å². The fourth-order valence-electron chi connectivity index (χ4n) is 2.50. The van der Waals surface area contributed by atoms with Gasteiger partial charge in [0.25, 0.3) is 0 Å². The fourth-order valence-corrected chi connectivity index (χ4v) is 2.60. The summed E-state index contributed by atoms with van der Waals surface area (Å²) >= 11 is 5.79. The summed E-state index contributed by atoms with van der Waals surface area (Å²) in [6, 6.07) is 11.0. The summed E-state index contributed by atoms with van der Waals surface area (Å²) in [5.74, 6) is 1.16. The SMILES string of the molecule is Cc1cc(CNc2ncc(Cl)cn2)cc(Oc2ccc(CNC(=O)CO)cc2)n1. The van der Waals surface area contributed by atoms with Crippen molar-refractivity contribution >= 4 is 23.5 Å². The Morgan fingerprint density at radius 2 is 1.83 bits per heavy atom. The van der Waals surface area contributed by atoms with Crippen molar-refractivity contribution in [2.75, 3.05) is 11.9 Å². The quantitative estimate of drug-likeness (QED) is 0.521. The number of aromatic nitrogens is 3. The molecule has 1 aromatic carbocycles. The highest BCUT2D eigenvalue weighted by molar-refractivity contribution is 6.30. The largest absolute Gasteiger partial charge is 0.439 e. The van der Waals surface area contributed by atoms with Gasteiger partial charge in [0.2, 0.25) is 17.7 Å². The second kappa shape index (κ2) is 9.81. The topological polar surface area (TPSA) is 109 Å². The van der Waals surface area contributed by atoms with Crippen molar-refractivity contribution in [3.8, 4) is 11.6 Å². The van der Waals surface area contributed by atoms with E-state index in [2.05, 4.69) is 25.6 Å².